The summed E-state index contributed by atoms with van der Waals surface area (Å²) < 4.78 is 87.8. The number of nitro groups is 1. The summed E-state index contributed by atoms with van der Waals surface area (Å²) in [4.78, 5) is 43.3. The number of hydrogen-bond acceptors (Lipinski definition) is 15. The summed E-state index contributed by atoms with van der Waals surface area (Å²) >= 11 is 0. The third kappa shape index (κ3) is 11.0. The Hall–Kier alpha value is -7.01. The van der Waals surface area contributed by atoms with Gasteiger partial charge in [0.1, 0.15) is 27.9 Å². The standard InChI is InChI=1S/C56H62F3N9O9S/c1-34(2)41-6-4-5-7-42(41)47-33-65(32-36-8-11-48-50(22-36)77-56(58,59)76-48)20-21-67(47)38-26-55(27-38)16-18-66(19-17-55)37-9-10-43(49(23-37)75-39-24-44-45(57)31-63-51(44)61-29-39)53(69)64-78(73,74)40-25-46(68(71)72)52(62-30-40)60-28-35-12-14-54(3,70)15-13-35/h4-11,22-25,29-31,34-35,38,47,70H,12-21,26-28,32-33H2,1-3H3,(H,60,62)(H,61,63)(H,64,69)/t35?,47-,54?/m0/s1. The van der Waals surface area contributed by atoms with E-state index in [9.17, 15) is 41.6 Å². The van der Waals surface area contributed by atoms with Gasteiger partial charge >= 0.3 is 12.0 Å². The molecule has 4 fully saturated rings. The number of piperidine rings is 1. The van der Waals surface area contributed by atoms with Gasteiger partial charge in [-0.1, -0.05) is 44.2 Å². The topological polar surface area (TPSA) is 218 Å². The molecular weight excluding hydrogens is 1030 g/mol. The van der Waals surface area contributed by atoms with E-state index in [0.29, 0.717) is 63.8 Å². The first-order valence-corrected chi connectivity index (χ1v) is 28.0. The third-order valence-electron chi connectivity index (χ3n) is 16.6. The SMILES string of the molecule is CC(C)c1ccccc1[C@@H]1CN(Cc2ccc3c(c2)OC(F)(F)O3)CCN1C1CC2(CCN(c3ccc(C(=O)NS(=O)(=O)c4cnc(NCC5CCC(C)(O)CC5)c([N+](=O)[O-])c4)c(Oc4cnc5[nH]cc(F)c5c4)c3)CC2)C1. The van der Waals surface area contributed by atoms with E-state index in [2.05, 4.69) is 77.8 Å². The van der Waals surface area contributed by atoms with Crippen molar-refractivity contribution in [1.82, 2.24) is 29.5 Å². The molecule has 6 aromatic rings. The minimum atomic E-state index is -4.73. The number of pyridine rings is 2. The maximum absolute atomic E-state index is 14.7. The molecule has 2 saturated heterocycles. The number of piperazine rings is 1. The number of benzene rings is 3. The molecule has 412 valence electrons. The number of carbonyl (C=O) groups excluding carboxylic acids is 1. The molecule has 3 aromatic heterocycles. The summed E-state index contributed by atoms with van der Waals surface area (Å²) in [6.07, 6.45) is 6.22. The number of aliphatic hydroxyl groups is 1. The van der Waals surface area contributed by atoms with Gasteiger partial charge in [0.25, 0.3) is 15.9 Å². The number of nitrogens with one attached hydrogen (secondary N) is 3. The number of hydrogen-bond donors (Lipinski definition) is 4. The average molecular weight is 1090 g/mol. The summed E-state index contributed by atoms with van der Waals surface area (Å²) in [5.74, 6) is -1.21. The molecule has 1 spiro atoms. The second-order valence-corrected chi connectivity index (χ2v) is 24.0. The van der Waals surface area contributed by atoms with Gasteiger partial charge in [0, 0.05) is 81.9 Å². The van der Waals surface area contributed by atoms with Crippen LogP contribution < -0.4 is 29.1 Å². The van der Waals surface area contributed by atoms with Crippen LogP contribution in [0.1, 0.15) is 111 Å². The van der Waals surface area contributed by atoms with Crippen LogP contribution in [-0.2, 0) is 16.6 Å². The highest BCUT2D eigenvalue weighted by atomic mass is 32.2. The number of H-pyrrole nitrogens is 1. The van der Waals surface area contributed by atoms with Crippen LogP contribution in [0.2, 0.25) is 0 Å². The number of anilines is 2. The second kappa shape index (κ2) is 20.7. The maximum Gasteiger partial charge on any atom is 0.586 e. The maximum atomic E-state index is 14.7. The van der Waals surface area contributed by atoms with Crippen LogP contribution in [0, 0.1) is 27.3 Å². The highest BCUT2D eigenvalue weighted by molar-refractivity contribution is 7.90. The van der Waals surface area contributed by atoms with Crippen molar-refractivity contribution in [3.8, 4) is 23.0 Å². The van der Waals surface area contributed by atoms with Crippen LogP contribution in [0.3, 0.4) is 0 Å². The van der Waals surface area contributed by atoms with Gasteiger partial charge in [-0.25, -0.2) is 27.5 Å². The van der Waals surface area contributed by atoms with E-state index in [4.69, 9.17) is 9.47 Å². The van der Waals surface area contributed by atoms with E-state index < -0.39 is 49.1 Å². The minimum absolute atomic E-state index is 0.0268. The molecule has 2 aliphatic carbocycles. The van der Waals surface area contributed by atoms with Gasteiger partial charge in [-0.2, -0.15) is 0 Å². The van der Waals surface area contributed by atoms with Crippen molar-refractivity contribution in [3.05, 3.63) is 130 Å². The number of amides is 1. The Balaban J connectivity index is 0.782. The lowest BCUT2D eigenvalue weighted by atomic mass is 9.59. The summed E-state index contributed by atoms with van der Waals surface area (Å²) in [6, 6.07) is 21.2. The molecule has 3 aromatic carbocycles. The number of halogens is 3. The van der Waals surface area contributed by atoms with Crippen molar-refractivity contribution in [1.29, 1.82) is 0 Å². The zero-order valence-corrected chi connectivity index (χ0v) is 44.3. The van der Waals surface area contributed by atoms with Crippen LogP contribution in [0.15, 0.2) is 96.3 Å². The van der Waals surface area contributed by atoms with Gasteiger partial charge in [-0.3, -0.25) is 24.7 Å². The van der Waals surface area contributed by atoms with Gasteiger partial charge in [0.05, 0.1) is 33.9 Å². The van der Waals surface area contributed by atoms with E-state index in [1.807, 2.05) is 10.8 Å². The number of fused-ring (bicyclic) bond motifs is 2. The molecule has 3 aliphatic heterocycles. The lowest BCUT2D eigenvalue weighted by Crippen LogP contribution is -2.60. The van der Waals surface area contributed by atoms with Gasteiger partial charge in [0.2, 0.25) is 5.82 Å². The number of carbonyl (C=O) groups is 1. The Bertz CT molecular complexity index is 3370. The monoisotopic (exact) mass is 1090 g/mol. The quantitative estimate of drug-likeness (QED) is 0.0556. The first-order chi connectivity index (χ1) is 37.2. The largest absolute Gasteiger partial charge is 0.586 e. The molecule has 2 saturated carbocycles. The third-order valence-corrected chi connectivity index (χ3v) is 17.9. The van der Waals surface area contributed by atoms with Gasteiger partial charge < -0.3 is 34.5 Å². The van der Waals surface area contributed by atoms with E-state index in [-0.39, 0.29) is 62.8 Å². The number of aromatic amines is 1. The zero-order valence-electron chi connectivity index (χ0n) is 43.5. The molecule has 4 N–H and O–H groups in total. The first kappa shape index (κ1) is 53.0. The van der Waals surface area contributed by atoms with Crippen LogP contribution >= 0.6 is 0 Å². The van der Waals surface area contributed by atoms with E-state index >= 15 is 0 Å². The molecule has 11 rings (SSSR count). The number of aromatic nitrogens is 3. The molecule has 1 atom stereocenters. The number of sulfonamides is 1. The Morgan fingerprint density at radius 2 is 1.72 bits per heavy atom. The predicted octanol–water partition coefficient (Wildman–Crippen LogP) is 10.0. The fraction of sp³-hybridized carbons (Fsp3) is 0.446. The molecule has 22 heteroatoms. The lowest BCUT2D eigenvalue weighted by Gasteiger charge is -2.58. The van der Waals surface area contributed by atoms with Crippen molar-refractivity contribution in [2.24, 2.45) is 11.3 Å². The smallest absolute Gasteiger partial charge is 0.455 e. The van der Waals surface area contributed by atoms with Gasteiger partial charge in [-0.15, -0.1) is 8.78 Å². The van der Waals surface area contributed by atoms with E-state index in [1.54, 1.807) is 31.2 Å². The van der Waals surface area contributed by atoms with Gasteiger partial charge in [-0.05, 0) is 123 Å². The summed E-state index contributed by atoms with van der Waals surface area (Å²) in [7, 11) is -4.73. The predicted molar refractivity (Wildman–Crippen MR) is 284 cm³/mol. The number of ether oxygens (including phenoxy) is 3. The van der Waals surface area contributed by atoms with Crippen molar-refractivity contribution in [2.75, 3.05) is 49.5 Å². The molecule has 78 heavy (non-hydrogen) atoms. The van der Waals surface area contributed by atoms with Crippen LogP contribution in [0.4, 0.5) is 30.4 Å². The van der Waals surface area contributed by atoms with Crippen LogP contribution in [0.5, 0.6) is 23.0 Å². The fourth-order valence-electron chi connectivity index (χ4n) is 12.2. The van der Waals surface area contributed by atoms with E-state index in [0.717, 1.165) is 75.0 Å². The second-order valence-electron chi connectivity index (χ2n) is 22.3. The highest BCUT2D eigenvalue weighted by Gasteiger charge is 2.50. The van der Waals surface area contributed by atoms with Crippen LogP contribution in [-0.4, -0.2) is 106 Å². The summed E-state index contributed by atoms with van der Waals surface area (Å²) in [5, 5.41) is 25.7. The molecule has 6 heterocycles. The summed E-state index contributed by atoms with van der Waals surface area (Å²) in [5.41, 5.74) is 3.05. The van der Waals surface area contributed by atoms with Crippen molar-refractivity contribution in [2.45, 2.75) is 113 Å². The van der Waals surface area contributed by atoms with Gasteiger partial charge in [0.15, 0.2) is 11.5 Å². The zero-order chi connectivity index (χ0) is 54.7. The molecule has 0 unspecified atom stereocenters. The molecular formula is C56H62F3N9O9S. The average Bonchev–Trinajstić information content (AvgIpc) is 4.02. The number of alkyl halides is 2. The molecule has 5 aliphatic rings. The first-order valence-electron chi connectivity index (χ1n) is 26.5. The fourth-order valence-corrected chi connectivity index (χ4v) is 13.1. The lowest BCUT2D eigenvalue weighted by molar-refractivity contribution is -0.384. The Labute approximate surface area is 449 Å². The Kier molecular flexibility index (Phi) is 14.0. The number of nitrogens with zero attached hydrogens (tertiary/aromatic N) is 6. The normalized spacial score (nSPS) is 22.4. The molecule has 18 nitrogen and oxygen atoms in total. The minimum Gasteiger partial charge on any atom is -0.455 e. The van der Waals surface area contributed by atoms with Crippen LogP contribution in [0.25, 0.3) is 11.0 Å². The van der Waals surface area contributed by atoms with Crippen molar-refractivity contribution < 1.29 is 50.6 Å². The molecule has 0 radical (unpaired) electrons. The number of rotatable bonds is 15. The molecule has 0 bridgehead atoms. The van der Waals surface area contributed by atoms with E-state index in [1.165, 1.54) is 29.5 Å². The molecule has 1 amide bonds. The Morgan fingerprint density at radius 1 is 0.962 bits per heavy atom. The van der Waals surface area contributed by atoms with Crippen molar-refractivity contribution in [3.63, 3.8) is 0 Å². The Morgan fingerprint density at radius 3 is 2.47 bits per heavy atom. The summed E-state index contributed by atoms with van der Waals surface area (Å²) in [6.45, 7) is 10.9. The van der Waals surface area contributed by atoms with Crippen molar-refractivity contribution >= 4 is 44.2 Å². The highest BCUT2D eigenvalue weighted by Crippen LogP contribution is 2.54.